The van der Waals surface area contributed by atoms with Gasteiger partial charge in [0.15, 0.2) is 0 Å². The van der Waals surface area contributed by atoms with Crippen LogP contribution in [-0.4, -0.2) is 28.6 Å². The van der Waals surface area contributed by atoms with Gasteiger partial charge in [0.25, 0.3) is 10.0 Å². The number of carbonyl (C=O) groups excluding carboxylic acids is 1. The van der Waals surface area contributed by atoms with Crippen LogP contribution in [0.4, 0.5) is 5.69 Å². The highest BCUT2D eigenvalue weighted by molar-refractivity contribution is 9.10. The Labute approximate surface area is 142 Å². The van der Waals surface area contributed by atoms with Crippen LogP contribution in [-0.2, 0) is 14.8 Å². The van der Waals surface area contributed by atoms with Crippen LogP contribution in [0.15, 0.2) is 51.8 Å². The third-order valence-electron chi connectivity index (χ3n) is 2.95. The second-order valence-corrected chi connectivity index (χ2v) is 7.04. The first-order chi connectivity index (χ1) is 10.9. The molecule has 0 amide bonds. The van der Waals surface area contributed by atoms with Crippen molar-refractivity contribution in [3.63, 3.8) is 0 Å². The van der Waals surface area contributed by atoms with Crippen LogP contribution in [0, 0.1) is 0 Å². The van der Waals surface area contributed by atoms with Crippen molar-refractivity contribution in [3.05, 3.63) is 52.5 Å². The zero-order valence-electron chi connectivity index (χ0n) is 12.4. The highest BCUT2D eigenvalue weighted by Crippen LogP contribution is 2.29. The standard InChI is InChI=1S/C15H14BrNO5S/c1-21-13-7-6-11(16)9-14(13)23(19,20)17-12-5-3-4-10(8-12)15(18)22-2/h3-9,17H,1-2H3. The zero-order chi connectivity index (χ0) is 17.0. The molecular weight excluding hydrogens is 386 g/mol. The second kappa shape index (κ2) is 7.01. The van der Waals surface area contributed by atoms with Crippen molar-refractivity contribution < 1.29 is 22.7 Å². The highest BCUT2D eigenvalue weighted by atomic mass is 79.9. The first kappa shape index (κ1) is 17.3. The minimum Gasteiger partial charge on any atom is -0.495 e. The number of nitrogens with one attached hydrogen (secondary N) is 1. The Morgan fingerprint density at radius 1 is 1.13 bits per heavy atom. The maximum absolute atomic E-state index is 12.6. The number of anilines is 1. The van der Waals surface area contributed by atoms with E-state index >= 15 is 0 Å². The molecular formula is C15H14BrNO5S. The average molecular weight is 400 g/mol. The Bertz CT molecular complexity index is 836. The molecule has 8 heteroatoms. The summed E-state index contributed by atoms with van der Waals surface area (Å²) < 4.78 is 37.8. The molecule has 1 N–H and O–H groups in total. The summed E-state index contributed by atoms with van der Waals surface area (Å²) in [6.45, 7) is 0. The van der Waals surface area contributed by atoms with E-state index in [-0.39, 0.29) is 21.9 Å². The molecule has 2 aromatic rings. The number of esters is 1. The predicted octanol–water partition coefficient (Wildman–Crippen LogP) is 3.05. The second-order valence-electron chi connectivity index (χ2n) is 4.47. The first-order valence-corrected chi connectivity index (χ1v) is 8.69. The van der Waals surface area contributed by atoms with E-state index in [9.17, 15) is 13.2 Å². The van der Waals surface area contributed by atoms with Gasteiger partial charge in [-0.1, -0.05) is 22.0 Å². The number of carbonyl (C=O) groups is 1. The van der Waals surface area contributed by atoms with Crippen LogP contribution < -0.4 is 9.46 Å². The molecule has 122 valence electrons. The van der Waals surface area contributed by atoms with Gasteiger partial charge in [0.2, 0.25) is 0 Å². The van der Waals surface area contributed by atoms with E-state index in [4.69, 9.17) is 4.74 Å². The van der Waals surface area contributed by atoms with Crippen LogP contribution in [0.2, 0.25) is 0 Å². The molecule has 0 bridgehead atoms. The van der Waals surface area contributed by atoms with Crippen LogP contribution in [0.1, 0.15) is 10.4 Å². The molecule has 0 spiro atoms. The van der Waals surface area contributed by atoms with E-state index in [0.717, 1.165) is 0 Å². The third kappa shape index (κ3) is 4.02. The lowest BCUT2D eigenvalue weighted by molar-refractivity contribution is 0.0601. The third-order valence-corrected chi connectivity index (χ3v) is 4.85. The van der Waals surface area contributed by atoms with E-state index in [1.54, 1.807) is 18.2 Å². The number of hydrogen-bond donors (Lipinski definition) is 1. The van der Waals surface area contributed by atoms with Gasteiger partial charge < -0.3 is 9.47 Å². The van der Waals surface area contributed by atoms with Gasteiger partial charge in [-0.05, 0) is 36.4 Å². The Morgan fingerprint density at radius 3 is 2.52 bits per heavy atom. The van der Waals surface area contributed by atoms with Crippen molar-refractivity contribution in [1.29, 1.82) is 0 Å². The molecule has 0 saturated heterocycles. The molecule has 23 heavy (non-hydrogen) atoms. The van der Waals surface area contributed by atoms with Crippen LogP contribution in [0.3, 0.4) is 0 Å². The summed E-state index contributed by atoms with van der Waals surface area (Å²) in [4.78, 5) is 11.5. The number of sulfonamides is 1. The van der Waals surface area contributed by atoms with Crippen molar-refractivity contribution in [2.24, 2.45) is 0 Å². The smallest absolute Gasteiger partial charge is 0.337 e. The maximum atomic E-state index is 12.6. The minimum atomic E-state index is -3.88. The van der Waals surface area contributed by atoms with Crippen molar-refractivity contribution in [1.82, 2.24) is 0 Å². The van der Waals surface area contributed by atoms with Gasteiger partial charge in [-0.15, -0.1) is 0 Å². The molecule has 0 aliphatic heterocycles. The zero-order valence-corrected chi connectivity index (χ0v) is 14.8. The quantitative estimate of drug-likeness (QED) is 0.781. The lowest BCUT2D eigenvalue weighted by atomic mass is 10.2. The lowest BCUT2D eigenvalue weighted by Crippen LogP contribution is -2.14. The SMILES string of the molecule is COC(=O)c1cccc(NS(=O)(=O)c2cc(Br)ccc2OC)c1. The van der Waals surface area contributed by atoms with E-state index in [1.165, 1.54) is 38.5 Å². The van der Waals surface area contributed by atoms with Gasteiger partial charge in [0, 0.05) is 10.2 Å². The Morgan fingerprint density at radius 2 is 1.87 bits per heavy atom. The number of ether oxygens (including phenoxy) is 2. The molecule has 0 fully saturated rings. The number of rotatable bonds is 5. The minimum absolute atomic E-state index is 0.0159. The van der Waals surface area contributed by atoms with Gasteiger partial charge in [-0.25, -0.2) is 13.2 Å². The Kier molecular flexibility index (Phi) is 5.27. The lowest BCUT2D eigenvalue weighted by Gasteiger charge is -2.12. The monoisotopic (exact) mass is 399 g/mol. The molecule has 0 aromatic heterocycles. The predicted molar refractivity (Wildman–Crippen MR) is 89.3 cm³/mol. The normalized spacial score (nSPS) is 10.9. The van der Waals surface area contributed by atoms with Gasteiger partial charge in [0.05, 0.1) is 19.8 Å². The van der Waals surface area contributed by atoms with E-state index in [0.29, 0.717) is 4.47 Å². The van der Waals surface area contributed by atoms with Crippen LogP contribution >= 0.6 is 15.9 Å². The fourth-order valence-electron chi connectivity index (χ4n) is 1.90. The average Bonchev–Trinajstić information content (AvgIpc) is 2.54. The fourth-order valence-corrected chi connectivity index (χ4v) is 3.66. The maximum Gasteiger partial charge on any atom is 0.337 e. The summed E-state index contributed by atoms with van der Waals surface area (Å²) in [6, 6.07) is 10.7. The topological polar surface area (TPSA) is 81.7 Å². The molecule has 0 saturated carbocycles. The summed E-state index contributed by atoms with van der Waals surface area (Å²) >= 11 is 3.23. The molecule has 0 aliphatic rings. The molecule has 6 nitrogen and oxygen atoms in total. The molecule has 0 radical (unpaired) electrons. The van der Waals surface area contributed by atoms with Crippen LogP contribution in [0.5, 0.6) is 5.75 Å². The first-order valence-electron chi connectivity index (χ1n) is 6.42. The van der Waals surface area contributed by atoms with Crippen LogP contribution in [0.25, 0.3) is 0 Å². The van der Waals surface area contributed by atoms with Gasteiger partial charge >= 0.3 is 5.97 Å². The number of hydrogen-bond acceptors (Lipinski definition) is 5. The van der Waals surface area contributed by atoms with E-state index in [1.807, 2.05) is 0 Å². The van der Waals surface area contributed by atoms with Crippen molar-refractivity contribution in [2.75, 3.05) is 18.9 Å². The number of benzene rings is 2. The highest BCUT2D eigenvalue weighted by Gasteiger charge is 2.20. The molecule has 2 aromatic carbocycles. The Balaban J connectivity index is 2.39. The number of methoxy groups -OCH3 is 2. The molecule has 0 heterocycles. The van der Waals surface area contributed by atoms with Gasteiger partial charge in [-0.2, -0.15) is 0 Å². The molecule has 2 rings (SSSR count). The summed E-state index contributed by atoms with van der Waals surface area (Å²) in [6.07, 6.45) is 0. The van der Waals surface area contributed by atoms with Gasteiger partial charge in [0.1, 0.15) is 10.6 Å². The summed E-state index contributed by atoms with van der Waals surface area (Å²) in [7, 11) is -1.24. The van der Waals surface area contributed by atoms with E-state index < -0.39 is 16.0 Å². The van der Waals surface area contributed by atoms with E-state index in [2.05, 4.69) is 25.4 Å². The van der Waals surface area contributed by atoms with Crippen molar-refractivity contribution in [2.45, 2.75) is 4.90 Å². The molecule has 0 unspecified atom stereocenters. The van der Waals surface area contributed by atoms with Crippen molar-refractivity contribution in [3.8, 4) is 5.75 Å². The molecule has 0 aliphatic carbocycles. The van der Waals surface area contributed by atoms with Gasteiger partial charge in [-0.3, -0.25) is 4.72 Å². The Hall–Kier alpha value is -2.06. The van der Waals surface area contributed by atoms with Crippen molar-refractivity contribution >= 4 is 37.6 Å². The summed E-state index contributed by atoms with van der Waals surface area (Å²) in [5.74, 6) is -0.337. The number of halogens is 1. The summed E-state index contributed by atoms with van der Waals surface area (Å²) in [5, 5.41) is 0. The fraction of sp³-hybridized carbons (Fsp3) is 0.133. The largest absolute Gasteiger partial charge is 0.495 e. The molecule has 0 atom stereocenters. The summed E-state index contributed by atoms with van der Waals surface area (Å²) in [5.41, 5.74) is 0.490.